The number of rotatable bonds is 4. The summed E-state index contributed by atoms with van der Waals surface area (Å²) in [5, 5.41) is 1.65. The molecule has 1 aromatic heterocycles. The van der Waals surface area contributed by atoms with Crippen molar-refractivity contribution in [1.82, 2.24) is 0 Å². The van der Waals surface area contributed by atoms with Crippen molar-refractivity contribution >= 4 is 43.0 Å². The molecular formula is C11H9BrFNO3S2. The standard InChI is InChI=1S/C11H9BrFNO3S2/c1-17-10-3-2-7(6-9(10)13)14-19(15,16)11-8(12)4-5-18-11/h2-6,14H,1H3. The molecule has 4 nitrogen and oxygen atoms in total. The van der Waals surface area contributed by atoms with E-state index in [2.05, 4.69) is 20.7 Å². The minimum Gasteiger partial charge on any atom is -0.494 e. The second-order valence-corrected chi connectivity index (χ2v) is 7.16. The van der Waals surface area contributed by atoms with Crippen molar-refractivity contribution in [3.8, 4) is 5.75 Å². The summed E-state index contributed by atoms with van der Waals surface area (Å²) in [6.45, 7) is 0. The number of sulfonamides is 1. The second-order valence-electron chi connectivity index (χ2n) is 3.51. The van der Waals surface area contributed by atoms with Gasteiger partial charge in [0.05, 0.1) is 12.8 Å². The number of ether oxygens (including phenoxy) is 1. The first-order valence-corrected chi connectivity index (χ1v) is 8.19. The van der Waals surface area contributed by atoms with Crippen molar-refractivity contribution in [3.63, 3.8) is 0 Å². The van der Waals surface area contributed by atoms with Crippen molar-refractivity contribution in [2.45, 2.75) is 4.21 Å². The Bertz CT molecular complexity index is 700. The molecule has 0 aliphatic heterocycles. The fourth-order valence-electron chi connectivity index (χ4n) is 1.40. The SMILES string of the molecule is COc1ccc(NS(=O)(=O)c2sccc2Br)cc1F. The third-order valence-corrected chi connectivity index (χ3v) is 6.28. The molecule has 0 aliphatic rings. The predicted molar refractivity (Wildman–Crippen MR) is 75.8 cm³/mol. The summed E-state index contributed by atoms with van der Waals surface area (Å²) in [5.74, 6) is -0.576. The number of halogens is 2. The van der Waals surface area contributed by atoms with E-state index in [9.17, 15) is 12.8 Å². The van der Waals surface area contributed by atoms with Gasteiger partial charge in [-0.2, -0.15) is 0 Å². The van der Waals surface area contributed by atoms with E-state index in [1.807, 2.05) is 0 Å². The molecule has 1 heterocycles. The van der Waals surface area contributed by atoms with E-state index >= 15 is 0 Å². The van der Waals surface area contributed by atoms with Gasteiger partial charge in [0.15, 0.2) is 15.8 Å². The van der Waals surface area contributed by atoms with Crippen LogP contribution in [0.5, 0.6) is 5.75 Å². The van der Waals surface area contributed by atoms with Crippen molar-refractivity contribution < 1.29 is 17.5 Å². The zero-order chi connectivity index (χ0) is 14.0. The molecule has 1 N–H and O–H groups in total. The molecule has 102 valence electrons. The molecule has 0 saturated carbocycles. The predicted octanol–water partition coefficient (Wildman–Crippen LogP) is 3.46. The van der Waals surface area contributed by atoms with Crippen LogP contribution in [0.4, 0.5) is 10.1 Å². The third-order valence-electron chi connectivity index (χ3n) is 2.23. The smallest absolute Gasteiger partial charge is 0.272 e. The Hall–Kier alpha value is -1.12. The van der Waals surface area contributed by atoms with Crippen LogP contribution in [0.3, 0.4) is 0 Å². The Labute approximate surface area is 122 Å². The lowest BCUT2D eigenvalue weighted by molar-refractivity contribution is 0.386. The van der Waals surface area contributed by atoms with Gasteiger partial charge >= 0.3 is 0 Å². The van der Waals surface area contributed by atoms with Crippen molar-refractivity contribution in [1.29, 1.82) is 0 Å². The lowest BCUT2D eigenvalue weighted by Gasteiger charge is -2.08. The fourth-order valence-corrected chi connectivity index (χ4v) is 4.79. The van der Waals surface area contributed by atoms with E-state index in [1.54, 1.807) is 11.4 Å². The van der Waals surface area contributed by atoms with E-state index in [-0.39, 0.29) is 15.6 Å². The molecule has 0 radical (unpaired) electrons. The molecule has 0 bridgehead atoms. The van der Waals surface area contributed by atoms with Crippen LogP contribution < -0.4 is 9.46 Å². The molecule has 1 aromatic carbocycles. The first-order valence-electron chi connectivity index (χ1n) is 5.03. The van der Waals surface area contributed by atoms with Gasteiger partial charge in [-0.25, -0.2) is 12.8 Å². The van der Waals surface area contributed by atoms with Gasteiger partial charge in [0.25, 0.3) is 10.0 Å². The molecule has 8 heteroatoms. The molecule has 0 unspecified atom stereocenters. The molecule has 19 heavy (non-hydrogen) atoms. The van der Waals surface area contributed by atoms with Gasteiger partial charge in [-0.3, -0.25) is 4.72 Å². The number of hydrogen-bond acceptors (Lipinski definition) is 4. The summed E-state index contributed by atoms with van der Waals surface area (Å²) in [4.78, 5) is 0. The zero-order valence-electron chi connectivity index (χ0n) is 9.68. The van der Waals surface area contributed by atoms with E-state index in [0.29, 0.717) is 4.47 Å². The summed E-state index contributed by atoms with van der Waals surface area (Å²) in [6, 6.07) is 5.49. The van der Waals surface area contributed by atoms with Gasteiger partial charge in [-0.15, -0.1) is 11.3 Å². The van der Waals surface area contributed by atoms with Gasteiger partial charge in [-0.1, -0.05) is 0 Å². The highest BCUT2D eigenvalue weighted by atomic mass is 79.9. The van der Waals surface area contributed by atoms with Crippen LogP contribution in [0.15, 0.2) is 38.3 Å². The molecule has 0 saturated heterocycles. The van der Waals surface area contributed by atoms with E-state index in [4.69, 9.17) is 4.74 Å². The first kappa shape index (κ1) is 14.3. The molecular weight excluding hydrogens is 357 g/mol. The maximum absolute atomic E-state index is 13.5. The van der Waals surface area contributed by atoms with Crippen LogP contribution in [0.1, 0.15) is 0 Å². The number of nitrogens with one attached hydrogen (secondary N) is 1. The van der Waals surface area contributed by atoms with E-state index in [1.165, 1.54) is 19.2 Å². The van der Waals surface area contributed by atoms with Crippen LogP contribution >= 0.6 is 27.3 Å². The van der Waals surface area contributed by atoms with Gasteiger partial charge in [0.2, 0.25) is 0 Å². The van der Waals surface area contributed by atoms with Gasteiger partial charge < -0.3 is 4.74 Å². The van der Waals surface area contributed by atoms with Crippen molar-refractivity contribution in [3.05, 3.63) is 39.9 Å². The normalized spacial score (nSPS) is 11.3. The molecule has 0 atom stereocenters. The number of hydrogen-bond donors (Lipinski definition) is 1. The fraction of sp³-hybridized carbons (Fsp3) is 0.0909. The molecule has 2 rings (SSSR count). The van der Waals surface area contributed by atoms with Crippen LogP contribution in [-0.2, 0) is 10.0 Å². The average Bonchev–Trinajstić information content (AvgIpc) is 2.76. The largest absolute Gasteiger partial charge is 0.494 e. The number of anilines is 1. The first-order chi connectivity index (χ1) is 8.94. The summed E-state index contributed by atoms with van der Waals surface area (Å²) in [5.41, 5.74) is 0.138. The zero-order valence-corrected chi connectivity index (χ0v) is 12.9. The van der Waals surface area contributed by atoms with Crippen LogP contribution in [0.2, 0.25) is 0 Å². The number of benzene rings is 1. The third kappa shape index (κ3) is 3.07. The maximum Gasteiger partial charge on any atom is 0.272 e. The average molecular weight is 366 g/mol. The number of methoxy groups -OCH3 is 1. The molecule has 0 spiro atoms. The summed E-state index contributed by atoms with van der Waals surface area (Å²) < 4.78 is 45.3. The van der Waals surface area contributed by atoms with Gasteiger partial charge in [-0.05, 0) is 39.5 Å². The highest BCUT2D eigenvalue weighted by Gasteiger charge is 2.19. The van der Waals surface area contributed by atoms with E-state index in [0.717, 1.165) is 17.4 Å². The number of thiophene rings is 1. The highest BCUT2D eigenvalue weighted by Crippen LogP contribution is 2.30. The maximum atomic E-state index is 13.5. The second kappa shape index (κ2) is 5.48. The summed E-state index contributed by atoms with van der Waals surface area (Å²) in [7, 11) is -2.38. The van der Waals surface area contributed by atoms with Crippen LogP contribution in [0.25, 0.3) is 0 Å². The van der Waals surface area contributed by atoms with Crippen molar-refractivity contribution in [2.24, 2.45) is 0 Å². The Kier molecular flexibility index (Phi) is 4.12. The Morgan fingerprint density at radius 3 is 2.63 bits per heavy atom. The lowest BCUT2D eigenvalue weighted by Crippen LogP contribution is -2.12. The minimum atomic E-state index is -3.72. The Morgan fingerprint density at radius 2 is 2.11 bits per heavy atom. The highest BCUT2D eigenvalue weighted by molar-refractivity contribution is 9.10. The summed E-state index contributed by atoms with van der Waals surface area (Å²) >= 11 is 4.22. The van der Waals surface area contributed by atoms with Crippen LogP contribution in [0, 0.1) is 5.82 Å². The Balaban J connectivity index is 2.31. The quantitative estimate of drug-likeness (QED) is 0.902. The molecule has 2 aromatic rings. The lowest BCUT2D eigenvalue weighted by atomic mass is 10.3. The monoisotopic (exact) mass is 365 g/mol. The van der Waals surface area contributed by atoms with Crippen LogP contribution in [-0.4, -0.2) is 15.5 Å². The topological polar surface area (TPSA) is 55.4 Å². The molecule has 0 aliphatic carbocycles. The molecule has 0 amide bonds. The summed E-state index contributed by atoms with van der Waals surface area (Å²) in [6.07, 6.45) is 0. The van der Waals surface area contributed by atoms with Gasteiger partial charge in [0, 0.05) is 10.5 Å². The molecule has 0 fully saturated rings. The van der Waals surface area contributed by atoms with Crippen molar-refractivity contribution in [2.75, 3.05) is 11.8 Å². The van der Waals surface area contributed by atoms with E-state index < -0.39 is 15.8 Å². The minimum absolute atomic E-state index is 0.0558. The van der Waals surface area contributed by atoms with Gasteiger partial charge in [0.1, 0.15) is 0 Å². The Morgan fingerprint density at radius 1 is 1.37 bits per heavy atom.